The SMILES string of the molecule is O=C(O)CCCCC(=O)CC[C@@H]1[C@@H](CCC(=O)O)[C@@H](O)C[C@@H]1O. The second kappa shape index (κ2) is 9.62. The summed E-state index contributed by atoms with van der Waals surface area (Å²) in [6.45, 7) is 0. The molecule has 0 aromatic carbocycles. The van der Waals surface area contributed by atoms with Crippen LogP contribution in [0.1, 0.15) is 57.8 Å². The van der Waals surface area contributed by atoms with Crippen LogP contribution in [-0.2, 0) is 14.4 Å². The van der Waals surface area contributed by atoms with Crippen molar-refractivity contribution in [2.75, 3.05) is 0 Å². The van der Waals surface area contributed by atoms with Gasteiger partial charge in [0.2, 0.25) is 0 Å². The summed E-state index contributed by atoms with van der Waals surface area (Å²) in [5.74, 6) is -2.34. The maximum Gasteiger partial charge on any atom is 0.303 e. The highest BCUT2D eigenvalue weighted by Gasteiger charge is 2.41. The van der Waals surface area contributed by atoms with E-state index in [4.69, 9.17) is 10.2 Å². The van der Waals surface area contributed by atoms with Crippen molar-refractivity contribution in [1.82, 2.24) is 0 Å². The van der Waals surface area contributed by atoms with Crippen molar-refractivity contribution >= 4 is 17.7 Å². The number of hydrogen-bond donors (Lipinski definition) is 4. The van der Waals surface area contributed by atoms with Crippen molar-refractivity contribution < 1.29 is 34.8 Å². The molecule has 0 unspecified atom stereocenters. The van der Waals surface area contributed by atoms with Gasteiger partial charge in [-0.15, -0.1) is 0 Å². The summed E-state index contributed by atoms with van der Waals surface area (Å²) in [7, 11) is 0. The Labute approximate surface area is 135 Å². The summed E-state index contributed by atoms with van der Waals surface area (Å²) in [5, 5.41) is 37.2. The number of aliphatic hydroxyl groups is 2. The number of carbonyl (C=O) groups excluding carboxylic acids is 1. The number of aliphatic carboxylic acids is 2. The van der Waals surface area contributed by atoms with Gasteiger partial charge < -0.3 is 20.4 Å². The van der Waals surface area contributed by atoms with Gasteiger partial charge >= 0.3 is 11.9 Å². The molecular formula is C16H26O7. The number of unbranched alkanes of at least 4 members (excludes halogenated alkanes) is 1. The first-order valence-electron chi connectivity index (χ1n) is 8.12. The van der Waals surface area contributed by atoms with Gasteiger partial charge in [-0.1, -0.05) is 0 Å². The molecule has 0 saturated heterocycles. The quantitative estimate of drug-likeness (QED) is 0.418. The van der Waals surface area contributed by atoms with Crippen molar-refractivity contribution in [3.05, 3.63) is 0 Å². The van der Waals surface area contributed by atoms with Crippen LogP contribution in [0.5, 0.6) is 0 Å². The fourth-order valence-electron chi connectivity index (χ4n) is 3.32. The summed E-state index contributed by atoms with van der Waals surface area (Å²) >= 11 is 0. The van der Waals surface area contributed by atoms with Gasteiger partial charge in [0.15, 0.2) is 0 Å². The molecule has 0 bridgehead atoms. The number of hydrogen-bond acceptors (Lipinski definition) is 5. The third-order valence-corrected chi connectivity index (χ3v) is 4.57. The zero-order valence-electron chi connectivity index (χ0n) is 13.2. The molecule has 1 aliphatic carbocycles. The lowest BCUT2D eigenvalue weighted by molar-refractivity contribution is -0.138. The molecule has 132 valence electrons. The average molecular weight is 330 g/mol. The van der Waals surface area contributed by atoms with E-state index in [-0.39, 0.29) is 43.3 Å². The van der Waals surface area contributed by atoms with Gasteiger partial charge in [-0.25, -0.2) is 0 Å². The van der Waals surface area contributed by atoms with E-state index in [0.29, 0.717) is 32.1 Å². The van der Waals surface area contributed by atoms with Crippen molar-refractivity contribution in [3.8, 4) is 0 Å². The Balaban J connectivity index is 2.36. The second-order valence-electron chi connectivity index (χ2n) is 6.31. The number of Topliss-reactive ketones (excluding diaryl/α,β-unsaturated/α-hetero) is 1. The largest absolute Gasteiger partial charge is 0.481 e. The van der Waals surface area contributed by atoms with E-state index in [0.717, 1.165) is 0 Å². The fraction of sp³-hybridized carbons (Fsp3) is 0.812. The minimum Gasteiger partial charge on any atom is -0.481 e. The first-order valence-corrected chi connectivity index (χ1v) is 8.12. The van der Waals surface area contributed by atoms with Gasteiger partial charge in [-0.3, -0.25) is 14.4 Å². The van der Waals surface area contributed by atoms with Gasteiger partial charge in [0.25, 0.3) is 0 Å². The van der Waals surface area contributed by atoms with Crippen LogP contribution in [0.15, 0.2) is 0 Å². The Morgan fingerprint density at radius 3 is 1.74 bits per heavy atom. The molecule has 1 saturated carbocycles. The number of ketones is 1. The third-order valence-electron chi connectivity index (χ3n) is 4.57. The van der Waals surface area contributed by atoms with Crippen molar-refractivity contribution in [2.24, 2.45) is 11.8 Å². The number of rotatable bonds is 11. The molecule has 1 aliphatic rings. The molecule has 0 amide bonds. The average Bonchev–Trinajstić information content (AvgIpc) is 2.72. The van der Waals surface area contributed by atoms with Gasteiger partial charge in [0, 0.05) is 25.7 Å². The molecule has 0 heterocycles. The van der Waals surface area contributed by atoms with Gasteiger partial charge in [-0.05, 0) is 43.9 Å². The third kappa shape index (κ3) is 7.09. The van der Waals surface area contributed by atoms with Crippen LogP contribution in [0.4, 0.5) is 0 Å². The lowest BCUT2D eigenvalue weighted by atomic mass is 9.85. The molecule has 0 radical (unpaired) electrons. The fourth-order valence-corrected chi connectivity index (χ4v) is 3.32. The van der Waals surface area contributed by atoms with Crippen LogP contribution in [0.3, 0.4) is 0 Å². The Morgan fingerprint density at radius 2 is 1.22 bits per heavy atom. The van der Waals surface area contributed by atoms with Crippen LogP contribution < -0.4 is 0 Å². The highest BCUT2D eigenvalue weighted by atomic mass is 16.4. The summed E-state index contributed by atoms with van der Waals surface area (Å²) in [5.41, 5.74) is 0. The van der Waals surface area contributed by atoms with E-state index >= 15 is 0 Å². The van der Waals surface area contributed by atoms with E-state index in [1.54, 1.807) is 0 Å². The Morgan fingerprint density at radius 1 is 0.739 bits per heavy atom. The molecule has 0 aliphatic heterocycles. The van der Waals surface area contributed by atoms with E-state index in [1.165, 1.54) is 0 Å². The number of carboxylic acids is 2. The molecule has 7 heteroatoms. The Hall–Kier alpha value is -1.47. The zero-order chi connectivity index (χ0) is 17.4. The van der Waals surface area contributed by atoms with Crippen LogP contribution in [0.2, 0.25) is 0 Å². The Bertz CT molecular complexity index is 421. The predicted octanol–water partition coefficient (Wildman–Crippen LogP) is 1.20. The van der Waals surface area contributed by atoms with Crippen LogP contribution in [-0.4, -0.2) is 50.4 Å². The summed E-state index contributed by atoms with van der Waals surface area (Å²) in [4.78, 5) is 32.9. The summed E-state index contributed by atoms with van der Waals surface area (Å²) in [6.07, 6.45) is 1.10. The van der Waals surface area contributed by atoms with Gasteiger partial charge in [0.1, 0.15) is 5.78 Å². The van der Waals surface area contributed by atoms with E-state index in [1.807, 2.05) is 0 Å². The van der Waals surface area contributed by atoms with E-state index in [2.05, 4.69) is 0 Å². The normalized spacial score (nSPS) is 27.0. The second-order valence-corrected chi connectivity index (χ2v) is 6.31. The molecule has 0 aromatic heterocycles. The number of carboxylic acid groups (broad SMARTS) is 2. The molecule has 4 atom stereocenters. The van der Waals surface area contributed by atoms with E-state index < -0.39 is 24.1 Å². The highest BCUT2D eigenvalue weighted by Crippen LogP contribution is 2.38. The first kappa shape index (κ1) is 19.6. The van der Waals surface area contributed by atoms with Gasteiger partial charge in [-0.2, -0.15) is 0 Å². The minimum atomic E-state index is -0.938. The highest BCUT2D eigenvalue weighted by molar-refractivity contribution is 5.78. The smallest absolute Gasteiger partial charge is 0.303 e. The standard InChI is InChI=1S/C16H26O7/c17-10(3-1-2-4-15(20)21)5-6-11-12(7-8-16(22)23)14(19)9-13(11)18/h11-14,18-19H,1-9H2,(H,20,21)(H,22,23)/t11-,12-,13+,14+/m1/s1. The Kier molecular flexibility index (Phi) is 8.19. The van der Waals surface area contributed by atoms with E-state index in [9.17, 15) is 24.6 Å². The molecule has 1 rings (SSSR count). The summed E-state index contributed by atoms with van der Waals surface area (Å²) < 4.78 is 0. The predicted molar refractivity (Wildman–Crippen MR) is 80.8 cm³/mol. The topological polar surface area (TPSA) is 132 Å². The van der Waals surface area contributed by atoms with Crippen LogP contribution in [0, 0.1) is 11.8 Å². The molecule has 4 N–H and O–H groups in total. The van der Waals surface area contributed by atoms with Crippen LogP contribution >= 0.6 is 0 Å². The summed E-state index contributed by atoms with van der Waals surface area (Å²) in [6, 6.07) is 0. The maximum absolute atomic E-state index is 11.8. The number of carbonyl (C=O) groups is 3. The molecule has 0 spiro atoms. The lowest BCUT2D eigenvalue weighted by Gasteiger charge is -2.22. The molecule has 1 fully saturated rings. The van der Waals surface area contributed by atoms with Crippen molar-refractivity contribution in [2.45, 2.75) is 70.0 Å². The van der Waals surface area contributed by atoms with Crippen LogP contribution in [0.25, 0.3) is 0 Å². The molecule has 0 aromatic rings. The van der Waals surface area contributed by atoms with Crippen molar-refractivity contribution in [3.63, 3.8) is 0 Å². The van der Waals surface area contributed by atoms with Gasteiger partial charge in [0.05, 0.1) is 12.2 Å². The zero-order valence-corrected chi connectivity index (χ0v) is 13.2. The number of aliphatic hydroxyl groups excluding tert-OH is 2. The molecular weight excluding hydrogens is 304 g/mol. The molecule has 7 nitrogen and oxygen atoms in total. The monoisotopic (exact) mass is 330 g/mol. The van der Waals surface area contributed by atoms with Crippen molar-refractivity contribution in [1.29, 1.82) is 0 Å². The first-order chi connectivity index (χ1) is 10.8. The molecule has 23 heavy (non-hydrogen) atoms. The lowest BCUT2D eigenvalue weighted by Crippen LogP contribution is -2.24. The minimum absolute atomic E-state index is 0.0148. The maximum atomic E-state index is 11.8.